The molecule has 0 aliphatic rings. The second-order valence-corrected chi connectivity index (χ2v) is 7.00. The van der Waals surface area contributed by atoms with Gasteiger partial charge in [0.05, 0.1) is 13.7 Å². The lowest BCUT2D eigenvalue weighted by atomic mass is 10.3. The molecular weight excluding hydrogens is 360 g/mol. The molecule has 1 aromatic carbocycles. The maximum absolute atomic E-state index is 12.7. The zero-order chi connectivity index (χ0) is 16.0. The summed E-state index contributed by atoms with van der Waals surface area (Å²) in [6.07, 6.45) is 0. The minimum Gasteiger partial charge on any atom is -0.495 e. The molecule has 0 atom stereocenters. The van der Waals surface area contributed by atoms with Crippen LogP contribution in [0.15, 0.2) is 27.6 Å². The van der Waals surface area contributed by atoms with Crippen LogP contribution in [-0.2, 0) is 14.8 Å². The average Bonchev–Trinajstić information content (AvgIpc) is 2.44. The molecule has 6 nitrogen and oxygen atoms in total. The van der Waals surface area contributed by atoms with Crippen molar-refractivity contribution in [1.82, 2.24) is 9.62 Å². The number of hydrogen-bond donors (Lipinski definition) is 1. The first-order valence-electron chi connectivity index (χ1n) is 6.47. The van der Waals surface area contributed by atoms with Crippen molar-refractivity contribution in [2.75, 3.05) is 26.7 Å². The molecule has 0 unspecified atom stereocenters. The maximum Gasteiger partial charge on any atom is 0.247 e. The summed E-state index contributed by atoms with van der Waals surface area (Å²) in [6.45, 7) is 3.88. The van der Waals surface area contributed by atoms with Gasteiger partial charge in [0, 0.05) is 17.6 Å². The summed E-state index contributed by atoms with van der Waals surface area (Å²) in [5.74, 6) is -0.0931. The Morgan fingerprint density at radius 2 is 2.05 bits per heavy atom. The summed E-state index contributed by atoms with van der Waals surface area (Å²) in [5, 5.41) is 2.59. The number of methoxy groups -OCH3 is 1. The van der Waals surface area contributed by atoms with Crippen LogP contribution in [0.3, 0.4) is 0 Å². The predicted molar refractivity (Wildman–Crippen MR) is 83.8 cm³/mol. The van der Waals surface area contributed by atoms with E-state index in [0.717, 1.165) is 4.31 Å². The van der Waals surface area contributed by atoms with Crippen LogP contribution in [0.4, 0.5) is 0 Å². The van der Waals surface area contributed by atoms with Crippen molar-refractivity contribution in [2.45, 2.75) is 18.7 Å². The van der Waals surface area contributed by atoms with Gasteiger partial charge in [-0.25, -0.2) is 8.42 Å². The molecule has 1 rings (SSSR count). The number of halogens is 1. The lowest BCUT2D eigenvalue weighted by Crippen LogP contribution is -2.40. The molecular formula is C13H19BrN2O4S. The van der Waals surface area contributed by atoms with Gasteiger partial charge >= 0.3 is 0 Å². The number of amides is 1. The lowest BCUT2D eigenvalue weighted by Gasteiger charge is -2.21. The van der Waals surface area contributed by atoms with Crippen molar-refractivity contribution in [3.05, 3.63) is 22.7 Å². The minimum atomic E-state index is -3.81. The highest BCUT2D eigenvalue weighted by Crippen LogP contribution is 2.29. The third kappa shape index (κ3) is 4.42. The van der Waals surface area contributed by atoms with Crippen molar-refractivity contribution in [2.24, 2.45) is 0 Å². The lowest BCUT2D eigenvalue weighted by molar-refractivity contribution is -0.121. The highest BCUT2D eigenvalue weighted by Gasteiger charge is 2.28. The molecule has 0 aromatic heterocycles. The van der Waals surface area contributed by atoms with Gasteiger partial charge in [-0.05, 0) is 25.1 Å². The van der Waals surface area contributed by atoms with E-state index < -0.39 is 10.0 Å². The van der Waals surface area contributed by atoms with Crippen LogP contribution in [0.2, 0.25) is 0 Å². The Kier molecular flexibility index (Phi) is 6.63. The molecule has 8 heteroatoms. The Morgan fingerprint density at radius 3 is 2.57 bits per heavy atom. The van der Waals surface area contributed by atoms with Crippen molar-refractivity contribution in [3.8, 4) is 5.75 Å². The summed E-state index contributed by atoms with van der Waals surface area (Å²) in [5.41, 5.74) is 0. The number of benzene rings is 1. The van der Waals surface area contributed by atoms with E-state index in [1.165, 1.54) is 13.2 Å². The Balaban J connectivity index is 3.18. The van der Waals surface area contributed by atoms with Gasteiger partial charge in [-0.3, -0.25) is 4.79 Å². The van der Waals surface area contributed by atoms with Gasteiger partial charge in [0.2, 0.25) is 15.9 Å². The Labute approximate surface area is 133 Å². The predicted octanol–water partition coefficient (Wildman–Crippen LogP) is 1.60. The van der Waals surface area contributed by atoms with Crippen LogP contribution in [0.1, 0.15) is 13.8 Å². The molecule has 0 aliphatic carbocycles. The van der Waals surface area contributed by atoms with E-state index in [9.17, 15) is 13.2 Å². The van der Waals surface area contributed by atoms with Crippen LogP contribution in [0.25, 0.3) is 0 Å². The first kappa shape index (κ1) is 17.9. The van der Waals surface area contributed by atoms with E-state index in [1.54, 1.807) is 26.0 Å². The van der Waals surface area contributed by atoms with Gasteiger partial charge in [0.25, 0.3) is 0 Å². The molecule has 1 N–H and O–H groups in total. The van der Waals surface area contributed by atoms with E-state index in [2.05, 4.69) is 21.2 Å². The number of rotatable bonds is 7. The highest BCUT2D eigenvalue weighted by atomic mass is 79.9. The zero-order valence-electron chi connectivity index (χ0n) is 12.2. The maximum atomic E-state index is 12.7. The van der Waals surface area contributed by atoms with E-state index in [-0.39, 0.29) is 29.6 Å². The van der Waals surface area contributed by atoms with E-state index in [1.807, 2.05) is 0 Å². The first-order chi connectivity index (χ1) is 9.86. The Morgan fingerprint density at radius 1 is 1.38 bits per heavy atom. The summed E-state index contributed by atoms with van der Waals surface area (Å²) in [4.78, 5) is 11.7. The van der Waals surface area contributed by atoms with Gasteiger partial charge < -0.3 is 10.1 Å². The quantitative estimate of drug-likeness (QED) is 0.781. The van der Waals surface area contributed by atoms with E-state index >= 15 is 0 Å². The second-order valence-electron chi connectivity index (χ2n) is 4.18. The topological polar surface area (TPSA) is 75.7 Å². The summed E-state index contributed by atoms with van der Waals surface area (Å²) in [6, 6.07) is 4.73. The fourth-order valence-corrected chi connectivity index (χ4v) is 3.87. The number of carbonyl (C=O) groups excluding carboxylic acids is 1. The first-order valence-corrected chi connectivity index (χ1v) is 8.70. The van der Waals surface area contributed by atoms with Crippen LogP contribution >= 0.6 is 15.9 Å². The van der Waals surface area contributed by atoms with Gasteiger partial charge in [-0.2, -0.15) is 4.31 Å². The fraction of sp³-hybridized carbons (Fsp3) is 0.462. The number of ether oxygens (including phenoxy) is 1. The number of sulfonamides is 1. The normalized spacial score (nSPS) is 11.5. The monoisotopic (exact) mass is 378 g/mol. The SMILES string of the molecule is CCNC(=O)CN(CC)S(=O)(=O)c1cc(Br)ccc1OC. The highest BCUT2D eigenvalue weighted by molar-refractivity contribution is 9.10. The number of hydrogen-bond acceptors (Lipinski definition) is 4. The Hall–Kier alpha value is -1.12. The largest absolute Gasteiger partial charge is 0.495 e. The molecule has 0 bridgehead atoms. The molecule has 0 heterocycles. The molecule has 0 fully saturated rings. The average molecular weight is 379 g/mol. The van der Waals surface area contributed by atoms with E-state index in [0.29, 0.717) is 11.0 Å². The molecule has 21 heavy (non-hydrogen) atoms. The fourth-order valence-electron chi connectivity index (χ4n) is 1.77. The summed E-state index contributed by atoms with van der Waals surface area (Å²) < 4.78 is 32.2. The molecule has 0 saturated carbocycles. The summed E-state index contributed by atoms with van der Waals surface area (Å²) >= 11 is 3.25. The molecule has 0 saturated heterocycles. The number of nitrogens with zero attached hydrogens (tertiary/aromatic N) is 1. The minimum absolute atomic E-state index is 0.0329. The van der Waals surface area contributed by atoms with Crippen molar-refractivity contribution in [3.63, 3.8) is 0 Å². The number of nitrogens with one attached hydrogen (secondary N) is 1. The van der Waals surface area contributed by atoms with Crippen molar-refractivity contribution >= 4 is 31.9 Å². The van der Waals surface area contributed by atoms with Crippen LogP contribution in [-0.4, -0.2) is 45.4 Å². The molecule has 1 amide bonds. The molecule has 0 radical (unpaired) electrons. The van der Waals surface area contributed by atoms with Crippen LogP contribution < -0.4 is 10.1 Å². The second kappa shape index (κ2) is 7.77. The molecule has 1 aromatic rings. The van der Waals surface area contributed by atoms with Gasteiger partial charge in [-0.1, -0.05) is 22.9 Å². The van der Waals surface area contributed by atoms with E-state index in [4.69, 9.17) is 4.74 Å². The van der Waals surface area contributed by atoms with Crippen molar-refractivity contribution < 1.29 is 17.9 Å². The zero-order valence-corrected chi connectivity index (χ0v) is 14.6. The molecule has 118 valence electrons. The van der Waals surface area contributed by atoms with Gasteiger partial charge in [0.1, 0.15) is 10.6 Å². The number of likely N-dealkylation sites (N-methyl/N-ethyl adjacent to an activating group) is 2. The Bertz CT molecular complexity index is 604. The van der Waals surface area contributed by atoms with Gasteiger partial charge in [0.15, 0.2) is 0 Å². The standard InChI is InChI=1S/C13H19BrN2O4S/c1-4-15-13(17)9-16(5-2)21(18,19)12-8-10(14)6-7-11(12)20-3/h6-8H,4-5,9H2,1-3H3,(H,15,17). The molecule has 0 aliphatic heterocycles. The smallest absolute Gasteiger partial charge is 0.247 e. The van der Waals surface area contributed by atoms with Crippen LogP contribution in [0, 0.1) is 0 Å². The van der Waals surface area contributed by atoms with Crippen LogP contribution in [0.5, 0.6) is 5.75 Å². The summed E-state index contributed by atoms with van der Waals surface area (Å²) in [7, 11) is -2.41. The van der Waals surface area contributed by atoms with Gasteiger partial charge in [-0.15, -0.1) is 0 Å². The van der Waals surface area contributed by atoms with Crippen molar-refractivity contribution in [1.29, 1.82) is 0 Å². The number of carbonyl (C=O) groups is 1. The third-order valence-corrected chi connectivity index (χ3v) is 5.23. The molecule has 0 spiro atoms. The third-order valence-electron chi connectivity index (χ3n) is 2.79.